The molecule has 0 aromatic heterocycles. The fourth-order valence-electron chi connectivity index (χ4n) is 1.77. The number of amides is 1. The van der Waals surface area contributed by atoms with E-state index in [1.54, 1.807) is 26.0 Å². The lowest BCUT2D eigenvalue weighted by Crippen LogP contribution is -2.44. The molecule has 0 spiro atoms. The van der Waals surface area contributed by atoms with Crippen molar-refractivity contribution >= 4 is 17.8 Å². The summed E-state index contributed by atoms with van der Waals surface area (Å²) in [5.74, 6) is -1.47. The van der Waals surface area contributed by atoms with Crippen LogP contribution >= 0.6 is 0 Å². The van der Waals surface area contributed by atoms with Crippen LogP contribution in [0.3, 0.4) is 0 Å². The summed E-state index contributed by atoms with van der Waals surface area (Å²) in [6.45, 7) is 5.40. The largest absolute Gasteiger partial charge is 0.480 e. The standard InChI is InChI=1S/C17H23NO5/c1-4-17(2,3)14(19)10-13(15(20)21)18-16(22)23-11-12-8-6-5-7-9-12/h5-9,13H,4,10-11H2,1-3H3,(H,18,22)(H,20,21). The van der Waals surface area contributed by atoms with Gasteiger partial charge in [0, 0.05) is 11.8 Å². The number of Topliss-reactive ketones (excluding diaryl/α,β-unsaturated/α-hetero) is 1. The molecule has 0 fully saturated rings. The van der Waals surface area contributed by atoms with Gasteiger partial charge in [-0.3, -0.25) is 4.79 Å². The molecule has 6 heteroatoms. The number of aliphatic carboxylic acids is 1. The Bertz CT molecular complexity index is 553. The van der Waals surface area contributed by atoms with E-state index in [2.05, 4.69) is 5.32 Å². The lowest BCUT2D eigenvalue weighted by atomic mass is 9.82. The molecule has 0 saturated carbocycles. The van der Waals surface area contributed by atoms with Crippen molar-refractivity contribution in [3.63, 3.8) is 0 Å². The van der Waals surface area contributed by atoms with Crippen molar-refractivity contribution in [3.05, 3.63) is 35.9 Å². The molecule has 0 aliphatic carbocycles. The van der Waals surface area contributed by atoms with Crippen molar-refractivity contribution in [1.82, 2.24) is 5.32 Å². The third-order valence-electron chi connectivity index (χ3n) is 3.83. The number of carbonyl (C=O) groups excluding carboxylic acids is 2. The number of carboxylic acid groups (broad SMARTS) is 1. The van der Waals surface area contributed by atoms with Gasteiger partial charge in [0.25, 0.3) is 0 Å². The number of carbonyl (C=O) groups is 3. The van der Waals surface area contributed by atoms with E-state index in [0.29, 0.717) is 6.42 Å². The molecule has 6 nitrogen and oxygen atoms in total. The van der Waals surface area contributed by atoms with Gasteiger partial charge in [-0.1, -0.05) is 51.1 Å². The number of ketones is 1. The Balaban J connectivity index is 2.57. The van der Waals surface area contributed by atoms with E-state index in [9.17, 15) is 19.5 Å². The minimum Gasteiger partial charge on any atom is -0.480 e. The van der Waals surface area contributed by atoms with Crippen molar-refractivity contribution in [2.24, 2.45) is 5.41 Å². The van der Waals surface area contributed by atoms with Crippen molar-refractivity contribution in [3.8, 4) is 0 Å². The van der Waals surface area contributed by atoms with Crippen LogP contribution < -0.4 is 5.32 Å². The zero-order chi connectivity index (χ0) is 17.5. The van der Waals surface area contributed by atoms with E-state index >= 15 is 0 Å². The van der Waals surface area contributed by atoms with E-state index < -0.39 is 23.5 Å². The molecule has 1 amide bonds. The zero-order valence-electron chi connectivity index (χ0n) is 13.7. The van der Waals surface area contributed by atoms with Crippen LogP contribution in [0.4, 0.5) is 4.79 Å². The van der Waals surface area contributed by atoms with Crippen molar-refractivity contribution in [1.29, 1.82) is 0 Å². The van der Waals surface area contributed by atoms with Crippen LogP contribution in [0, 0.1) is 5.41 Å². The van der Waals surface area contributed by atoms with Crippen LogP contribution in [-0.4, -0.2) is 29.0 Å². The first kappa shape index (κ1) is 18.7. The highest BCUT2D eigenvalue weighted by molar-refractivity contribution is 5.90. The van der Waals surface area contributed by atoms with Crippen molar-refractivity contribution in [2.45, 2.75) is 46.3 Å². The molecule has 1 atom stereocenters. The molecular weight excluding hydrogens is 298 g/mol. The molecule has 0 saturated heterocycles. The normalized spacial score (nSPS) is 12.3. The van der Waals surface area contributed by atoms with Crippen LogP contribution in [0.1, 0.15) is 39.2 Å². The molecule has 1 aromatic rings. The number of nitrogens with one attached hydrogen (secondary N) is 1. The van der Waals surface area contributed by atoms with Gasteiger partial charge in [-0.05, 0) is 12.0 Å². The van der Waals surface area contributed by atoms with Gasteiger partial charge >= 0.3 is 12.1 Å². The number of benzene rings is 1. The van der Waals surface area contributed by atoms with Gasteiger partial charge in [-0.2, -0.15) is 0 Å². The molecule has 0 aliphatic heterocycles. The van der Waals surface area contributed by atoms with Gasteiger partial charge in [-0.15, -0.1) is 0 Å². The smallest absolute Gasteiger partial charge is 0.408 e. The predicted molar refractivity (Wildman–Crippen MR) is 84.9 cm³/mol. The first-order valence-electron chi connectivity index (χ1n) is 7.49. The third kappa shape index (κ3) is 6.10. The average Bonchev–Trinajstić information content (AvgIpc) is 2.53. The SMILES string of the molecule is CCC(C)(C)C(=O)CC(NC(=O)OCc1ccccc1)C(=O)O. The summed E-state index contributed by atoms with van der Waals surface area (Å²) in [6.07, 6.45) is -0.531. The van der Waals surface area contributed by atoms with E-state index in [1.807, 2.05) is 25.1 Å². The number of hydrogen-bond acceptors (Lipinski definition) is 4. The van der Waals surface area contributed by atoms with E-state index in [0.717, 1.165) is 5.56 Å². The molecule has 23 heavy (non-hydrogen) atoms. The topological polar surface area (TPSA) is 92.7 Å². The predicted octanol–water partition coefficient (Wildman–Crippen LogP) is 2.76. The maximum absolute atomic E-state index is 12.1. The summed E-state index contributed by atoms with van der Waals surface area (Å²) >= 11 is 0. The number of hydrogen-bond donors (Lipinski definition) is 2. The average molecular weight is 321 g/mol. The second-order valence-corrected chi connectivity index (χ2v) is 5.96. The highest BCUT2D eigenvalue weighted by Gasteiger charge is 2.31. The Hall–Kier alpha value is -2.37. The number of alkyl carbamates (subject to hydrolysis) is 1. The molecule has 0 radical (unpaired) electrons. The lowest BCUT2D eigenvalue weighted by molar-refractivity contribution is -0.142. The minimum atomic E-state index is -1.29. The lowest BCUT2D eigenvalue weighted by Gasteiger charge is -2.23. The van der Waals surface area contributed by atoms with Crippen LogP contribution in [0.2, 0.25) is 0 Å². The van der Waals surface area contributed by atoms with Crippen LogP contribution in [0.15, 0.2) is 30.3 Å². The fraction of sp³-hybridized carbons (Fsp3) is 0.471. The summed E-state index contributed by atoms with van der Waals surface area (Å²) < 4.78 is 4.98. The molecule has 2 N–H and O–H groups in total. The second-order valence-electron chi connectivity index (χ2n) is 5.96. The van der Waals surface area contributed by atoms with Gasteiger partial charge in [0.05, 0.1) is 0 Å². The minimum absolute atomic E-state index is 0.0351. The Morgan fingerprint density at radius 3 is 2.35 bits per heavy atom. The maximum Gasteiger partial charge on any atom is 0.408 e. The Morgan fingerprint density at radius 2 is 1.83 bits per heavy atom. The number of rotatable bonds is 8. The first-order chi connectivity index (χ1) is 10.8. The van der Waals surface area contributed by atoms with Crippen LogP contribution in [0.25, 0.3) is 0 Å². The molecule has 1 unspecified atom stereocenters. The van der Waals surface area contributed by atoms with Crippen LogP contribution in [0.5, 0.6) is 0 Å². The van der Waals surface area contributed by atoms with Crippen molar-refractivity contribution in [2.75, 3.05) is 0 Å². The third-order valence-corrected chi connectivity index (χ3v) is 3.83. The molecule has 1 rings (SSSR count). The van der Waals surface area contributed by atoms with E-state index in [1.165, 1.54) is 0 Å². The Morgan fingerprint density at radius 1 is 1.22 bits per heavy atom. The molecule has 1 aromatic carbocycles. The fourth-order valence-corrected chi connectivity index (χ4v) is 1.77. The summed E-state index contributed by atoms with van der Waals surface area (Å²) in [6, 6.07) is 7.73. The monoisotopic (exact) mass is 321 g/mol. The quantitative estimate of drug-likeness (QED) is 0.768. The summed E-state index contributed by atoms with van der Waals surface area (Å²) in [5.41, 5.74) is 0.168. The Labute approximate surface area is 135 Å². The maximum atomic E-state index is 12.1. The molecule has 0 heterocycles. The summed E-state index contributed by atoms with van der Waals surface area (Å²) in [7, 11) is 0. The van der Waals surface area contributed by atoms with Gasteiger partial charge in [0.15, 0.2) is 0 Å². The number of ether oxygens (including phenoxy) is 1. The van der Waals surface area contributed by atoms with Crippen LogP contribution in [-0.2, 0) is 20.9 Å². The zero-order valence-corrected chi connectivity index (χ0v) is 13.7. The molecule has 0 aliphatic rings. The second kappa shape index (κ2) is 8.31. The molecule has 0 bridgehead atoms. The van der Waals surface area contributed by atoms with Gasteiger partial charge in [-0.25, -0.2) is 9.59 Å². The van der Waals surface area contributed by atoms with E-state index in [-0.39, 0.29) is 18.8 Å². The highest BCUT2D eigenvalue weighted by atomic mass is 16.5. The Kier molecular flexibility index (Phi) is 6.75. The first-order valence-corrected chi connectivity index (χ1v) is 7.49. The molecular formula is C17H23NO5. The molecule has 126 valence electrons. The van der Waals surface area contributed by atoms with Crippen molar-refractivity contribution < 1.29 is 24.2 Å². The van der Waals surface area contributed by atoms with Gasteiger partial charge in [0.1, 0.15) is 18.4 Å². The highest BCUT2D eigenvalue weighted by Crippen LogP contribution is 2.23. The number of carboxylic acids is 1. The summed E-state index contributed by atoms with van der Waals surface area (Å²) in [4.78, 5) is 35.1. The van der Waals surface area contributed by atoms with E-state index in [4.69, 9.17) is 4.74 Å². The van der Waals surface area contributed by atoms with Gasteiger partial charge < -0.3 is 15.2 Å². The van der Waals surface area contributed by atoms with Gasteiger partial charge in [0.2, 0.25) is 0 Å². The summed E-state index contributed by atoms with van der Waals surface area (Å²) in [5, 5.41) is 11.4.